The number of nitrogens with zero attached hydrogens (tertiary/aromatic N) is 3. The molecule has 2 aromatic carbocycles. The summed E-state index contributed by atoms with van der Waals surface area (Å²) in [5.74, 6) is -2.66. The number of aliphatic hydroxyl groups is 1. The Hall–Kier alpha value is -3.32. The van der Waals surface area contributed by atoms with E-state index < -0.39 is 29.1 Å². The molecule has 37 heavy (non-hydrogen) atoms. The highest BCUT2D eigenvalue weighted by atomic mass is 19.1. The molecule has 0 bridgehead atoms. The zero-order valence-electron chi connectivity index (χ0n) is 20.5. The topological polar surface area (TPSA) is 56.7 Å². The zero-order valence-corrected chi connectivity index (χ0v) is 20.5. The van der Waals surface area contributed by atoms with E-state index in [-0.39, 0.29) is 25.2 Å². The number of piperidine rings is 1. The lowest BCUT2D eigenvalue weighted by molar-refractivity contribution is -0.152. The second-order valence-electron chi connectivity index (χ2n) is 10.2. The van der Waals surface area contributed by atoms with Crippen molar-refractivity contribution < 1.29 is 18.7 Å². The fourth-order valence-corrected chi connectivity index (χ4v) is 6.11. The van der Waals surface area contributed by atoms with Crippen LogP contribution in [0.1, 0.15) is 38.3 Å². The molecule has 2 aliphatic heterocycles. The van der Waals surface area contributed by atoms with Crippen LogP contribution < -0.4 is 4.90 Å². The summed E-state index contributed by atoms with van der Waals surface area (Å²) in [5.41, 5.74) is 1.02. The second kappa shape index (κ2) is 10.6. The van der Waals surface area contributed by atoms with Crippen molar-refractivity contribution >= 4 is 11.6 Å². The molecule has 0 aliphatic carbocycles. The number of rotatable bonds is 4. The molecule has 0 spiro atoms. The van der Waals surface area contributed by atoms with Gasteiger partial charge in [0.1, 0.15) is 11.6 Å². The van der Waals surface area contributed by atoms with Crippen molar-refractivity contribution in [3.8, 4) is 0 Å². The Bertz CT molecular complexity index is 1210. The van der Waals surface area contributed by atoms with E-state index in [0.717, 1.165) is 17.3 Å². The van der Waals surface area contributed by atoms with Gasteiger partial charge in [0.15, 0.2) is 0 Å². The highest BCUT2D eigenvalue weighted by Gasteiger charge is 2.49. The number of amides is 1. The Morgan fingerprint density at radius 1 is 0.973 bits per heavy atom. The number of carbonyl (C=O) groups excluding carboxylic acids is 1. The second-order valence-corrected chi connectivity index (χ2v) is 10.2. The van der Waals surface area contributed by atoms with Crippen LogP contribution >= 0.6 is 0 Å². The van der Waals surface area contributed by atoms with Crippen molar-refractivity contribution in [2.75, 3.05) is 31.1 Å². The minimum atomic E-state index is -1.04. The lowest BCUT2D eigenvalue weighted by Crippen LogP contribution is -2.57. The smallest absolute Gasteiger partial charge is 0.228 e. The molecule has 1 aromatic heterocycles. The van der Waals surface area contributed by atoms with Gasteiger partial charge in [-0.1, -0.05) is 57.7 Å². The molecule has 196 valence electrons. The summed E-state index contributed by atoms with van der Waals surface area (Å²) in [6, 6.07) is 16.9. The van der Waals surface area contributed by atoms with Crippen LogP contribution in [0, 0.1) is 29.4 Å². The van der Waals surface area contributed by atoms with Crippen LogP contribution in [0.5, 0.6) is 0 Å². The molecule has 0 saturated carbocycles. The molecule has 3 aromatic rings. The van der Waals surface area contributed by atoms with Crippen LogP contribution in [0.4, 0.5) is 14.5 Å². The summed E-state index contributed by atoms with van der Waals surface area (Å²) in [6.07, 6.45) is 3.42. The van der Waals surface area contributed by atoms with Crippen LogP contribution in [-0.4, -0.2) is 47.1 Å². The Morgan fingerprint density at radius 2 is 1.68 bits per heavy atom. The first-order valence-electron chi connectivity index (χ1n) is 12.5. The van der Waals surface area contributed by atoms with Crippen LogP contribution in [0.3, 0.4) is 0 Å². The lowest BCUT2D eigenvalue weighted by atomic mass is 9.70. The largest absolute Gasteiger partial charge is 0.384 e. The summed E-state index contributed by atoms with van der Waals surface area (Å²) >= 11 is 0. The Labute approximate surface area is 217 Å². The maximum Gasteiger partial charge on any atom is 0.228 e. The molecule has 3 heterocycles. The molecule has 0 radical (unpaired) electrons. The molecule has 2 aliphatic rings. The average molecular weight is 508 g/mol. The van der Waals surface area contributed by atoms with Crippen molar-refractivity contribution in [2.24, 2.45) is 17.8 Å². The predicted octanol–water partition coefficient (Wildman–Crippen LogP) is 5.22. The fourth-order valence-electron chi connectivity index (χ4n) is 6.11. The maximum absolute atomic E-state index is 14.9. The summed E-state index contributed by atoms with van der Waals surface area (Å²) in [5, 5.41) is 11.7. The van der Waals surface area contributed by atoms with Gasteiger partial charge in [0.2, 0.25) is 5.91 Å². The molecule has 7 heteroatoms. The van der Waals surface area contributed by atoms with Crippen molar-refractivity contribution in [3.05, 3.63) is 95.8 Å². The van der Waals surface area contributed by atoms with Gasteiger partial charge >= 0.3 is 0 Å². The van der Waals surface area contributed by atoms with E-state index in [9.17, 15) is 18.7 Å². The number of hydrogen-bond acceptors (Lipinski definition) is 4. The van der Waals surface area contributed by atoms with Gasteiger partial charge in [-0.05, 0) is 29.3 Å². The molecule has 1 N–H and O–H groups in total. The predicted molar refractivity (Wildman–Crippen MR) is 141 cm³/mol. The van der Waals surface area contributed by atoms with Gasteiger partial charge in [0.25, 0.3) is 0 Å². The van der Waals surface area contributed by atoms with Crippen molar-refractivity contribution in [3.63, 3.8) is 0 Å². The van der Waals surface area contributed by atoms with Gasteiger partial charge in [-0.25, -0.2) is 8.78 Å². The molecular weight excluding hydrogens is 472 g/mol. The highest BCUT2D eigenvalue weighted by molar-refractivity contribution is 5.82. The third-order valence-corrected chi connectivity index (χ3v) is 8.05. The molecule has 5 atom stereocenters. The molecule has 2 fully saturated rings. The van der Waals surface area contributed by atoms with E-state index >= 15 is 0 Å². The summed E-state index contributed by atoms with van der Waals surface area (Å²) in [4.78, 5) is 22.0. The number of carbonyl (C=O) groups is 1. The number of hydrogen-bond donors (Lipinski definition) is 1. The molecule has 5 nitrogen and oxygen atoms in total. The number of anilines is 1. The summed E-state index contributed by atoms with van der Waals surface area (Å²) in [7, 11) is 0. The third-order valence-electron chi connectivity index (χ3n) is 8.05. The molecule has 1 amide bonds. The Balaban J connectivity index is 0.00000320. The van der Waals surface area contributed by atoms with Crippen LogP contribution in [0.25, 0.3) is 0 Å². The van der Waals surface area contributed by atoms with Crippen molar-refractivity contribution in [1.82, 2.24) is 9.88 Å². The number of aromatic nitrogens is 1. The van der Waals surface area contributed by atoms with Crippen LogP contribution in [0.2, 0.25) is 0 Å². The fraction of sp³-hybridized carbons (Fsp3) is 0.400. The van der Waals surface area contributed by atoms with Crippen LogP contribution in [0.15, 0.2) is 73.1 Å². The van der Waals surface area contributed by atoms with E-state index in [1.54, 1.807) is 12.4 Å². The normalized spacial score (nSPS) is 27.6. The van der Waals surface area contributed by atoms with Crippen molar-refractivity contribution in [2.45, 2.75) is 32.8 Å². The first kappa shape index (κ1) is 26.7. The van der Waals surface area contributed by atoms with E-state index in [0.29, 0.717) is 31.7 Å². The van der Waals surface area contributed by atoms with E-state index in [1.165, 1.54) is 12.1 Å². The SMILES string of the molecule is C.C[C@@H]1CN(C(=O)[C@@H]2CN(c3cccnc3)C[C@H]2c2ccc(F)cc2F)C[C@H](C)C1(O)c1ccccc1. The van der Waals surface area contributed by atoms with Crippen LogP contribution in [-0.2, 0) is 10.4 Å². The Morgan fingerprint density at radius 3 is 2.30 bits per heavy atom. The Kier molecular flexibility index (Phi) is 7.64. The molecular formula is C30H35F2N3O2. The highest BCUT2D eigenvalue weighted by Crippen LogP contribution is 2.43. The first-order valence-corrected chi connectivity index (χ1v) is 12.5. The van der Waals surface area contributed by atoms with Crippen molar-refractivity contribution in [1.29, 1.82) is 0 Å². The molecule has 5 rings (SSSR count). The maximum atomic E-state index is 14.9. The summed E-state index contributed by atoms with van der Waals surface area (Å²) < 4.78 is 28.6. The molecule has 1 unspecified atom stereocenters. The standard InChI is InChI=1S/C29H31F2N3O2.CH4/c1-19-15-34(16-20(2)29(19,36)21-7-4-3-5-8-21)28(35)26-18-33(23-9-6-12-32-14-23)17-25(26)24-11-10-22(30)13-27(24)31;/h3-14,19-20,25-26,36H,15-18H2,1-2H3;1H4/t19-,20+,25-,26+,29?;/m0./s1. The first-order chi connectivity index (χ1) is 17.3. The average Bonchev–Trinajstić information content (AvgIpc) is 3.32. The van der Waals surface area contributed by atoms with E-state index in [4.69, 9.17) is 0 Å². The number of likely N-dealkylation sites (tertiary alicyclic amines) is 1. The molecule has 2 saturated heterocycles. The van der Waals surface area contributed by atoms with Gasteiger partial charge in [0, 0.05) is 56.2 Å². The number of benzene rings is 2. The minimum Gasteiger partial charge on any atom is -0.384 e. The zero-order chi connectivity index (χ0) is 25.4. The van der Waals surface area contributed by atoms with Gasteiger partial charge in [0.05, 0.1) is 23.4 Å². The number of halogens is 2. The monoisotopic (exact) mass is 507 g/mol. The quantitative estimate of drug-likeness (QED) is 0.526. The van der Waals surface area contributed by atoms with E-state index in [1.807, 2.05) is 66.1 Å². The van der Waals surface area contributed by atoms with Gasteiger partial charge in [-0.2, -0.15) is 0 Å². The van der Waals surface area contributed by atoms with Gasteiger partial charge < -0.3 is 14.9 Å². The van der Waals surface area contributed by atoms with Gasteiger partial charge in [-0.15, -0.1) is 0 Å². The van der Waals surface area contributed by atoms with E-state index in [2.05, 4.69) is 4.98 Å². The number of pyridine rings is 1. The summed E-state index contributed by atoms with van der Waals surface area (Å²) in [6.45, 7) is 5.58. The third kappa shape index (κ3) is 4.85. The minimum absolute atomic E-state index is 0. The lowest BCUT2D eigenvalue weighted by Gasteiger charge is -2.48. The van der Waals surface area contributed by atoms with Gasteiger partial charge in [-0.3, -0.25) is 9.78 Å².